The van der Waals surface area contributed by atoms with Crippen LogP contribution < -0.4 is 0 Å². The Morgan fingerprint density at radius 3 is 1.56 bits per heavy atom. The van der Waals surface area contributed by atoms with Crippen molar-refractivity contribution in [1.29, 1.82) is 0 Å². The van der Waals surface area contributed by atoms with Gasteiger partial charge in [-0.2, -0.15) is 0 Å². The van der Waals surface area contributed by atoms with Gasteiger partial charge in [0.25, 0.3) is 0 Å². The summed E-state index contributed by atoms with van der Waals surface area (Å²) in [5.74, 6) is 0. The molecule has 0 spiro atoms. The van der Waals surface area contributed by atoms with Crippen molar-refractivity contribution in [3.63, 3.8) is 0 Å². The highest BCUT2D eigenvalue weighted by Crippen LogP contribution is 2.33. The summed E-state index contributed by atoms with van der Waals surface area (Å²) in [6, 6.07) is 0. The molecule has 9 heavy (non-hydrogen) atoms. The van der Waals surface area contributed by atoms with Crippen LogP contribution in [0.2, 0.25) is 0 Å². The normalized spacial score (nSPS) is 15.9. The lowest BCUT2D eigenvalue weighted by Gasteiger charge is -1.93. The second-order valence-electron chi connectivity index (χ2n) is 1.73. The summed E-state index contributed by atoms with van der Waals surface area (Å²) in [5.41, 5.74) is 0. The fourth-order valence-electron chi connectivity index (χ4n) is 0. The van der Waals surface area contributed by atoms with Crippen molar-refractivity contribution in [1.82, 2.24) is 0 Å². The van der Waals surface area contributed by atoms with Crippen molar-refractivity contribution >= 4 is 7.82 Å². The maximum absolute atomic E-state index is 9.47. The van der Waals surface area contributed by atoms with E-state index in [1.807, 2.05) is 0 Å². The predicted octanol–water partition coefficient (Wildman–Crippen LogP) is 0.896. The van der Waals surface area contributed by atoms with Gasteiger partial charge >= 0.3 is 7.82 Å². The molecule has 0 unspecified atom stereocenters. The van der Waals surface area contributed by atoms with Crippen LogP contribution in [0.5, 0.6) is 0 Å². The molecule has 2 N–H and O–H groups in total. The van der Waals surface area contributed by atoms with E-state index >= 15 is 0 Å². The molecule has 0 amide bonds. The Balaban J connectivity index is 0.000000173. The zero-order valence-corrected chi connectivity index (χ0v) is 6.17. The van der Waals surface area contributed by atoms with Crippen molar-refractivity contribution in [2.75, 3.05) is 7.11 Å². The van der Waals surface area contributed by atoms with E-state index in [1.54, 1.807) is 0 Å². The smallest absolute Gasteiger partial charge is 0.303 e. The summed E-state index contributed by atoms with van der Waals surface area (Å²) >= 11 is 0. The first-order valence-corrected chi connectivity index (χ1v) is 4.20. The lowest BCUT2D eigenvalue weighted by Crippen LogP contribution is -1.76. The molecule has 0 atom stereocenters. The van der Waals surface area contributed by atoms with Crippen molar-refractivity contribution in [3.8, 4) is 0 Å². The zero-order valence-electron chi connectivity index (χ0n) is 5.28. The maximum atomic E-state index is 9.47. The Bertz CT molecular complexity index is 102. The monoisotopic (exact) mass is 154 g/mol. The number of phosphoric acid groups is 1. The van der Waals surface area contributed by atoms with E-state index in [4.69, 9.17) is 9.79 Å². The molecule has 1 fully saturated rings. The number of hydrogen-bond acceptors (Lipinski definition) is 2. The van der Waals surface area contributed by atoms with Gasteiger partial charge in [0, 0.05) is 7.11 Å². The molecule has 1 aliphatic carbocycles. The van der Waals surface area contributed by atoms with Gasteiger partial charge in [0.15, 0.2) is 0 Å². The van der Waals surface area contributed by atoms with E-state index in [2.05, 4.69) is 4.52 Å². The van der Waals surface area contributed by atoms with Gasteiger partial charge in [-0.15, -0.1) is 0 Å². The molecular weight excluding hydrogens is 143 g/mol. The Kier molecular flexibility index (Phi) is 4.06. The molecular formula is C4H11O4P. The number of rotatable bonds is 1. The van der Waals surface area contributed by atoms with Crippen molar-refractivity contribution < 1.29 is 18.9 Å². The van der Waals surface area contributed by atoms with Gasteiger partial charge in [0.1, 0.15) is 0 Å². The Morgan fingerprint density at radius 2 is 1.56 bits per heavy atom. The third-order valence-electron chi connectivity index (χ3n) is 0.591. The molecule has 0 radical (unpaired) electrons. The summed E-state index contributed by atoms with van der Waals surface area (Å²) < 4.78 is 13.1. The first-order valence-electron chi connectivity index (χ1n) is 2.67. The van der Waals surface area contributed by atoms with Crippen LogP contribution >= 0.6 is 7.82 Å². The van der Waals surface area contributed by atoms with E-state index in [9.17, 15) is 4.57 Å². The van der Waals surface area contributed by atoms with Gasteiger partial charge in [0.2, 0.25) is 0 Å². The Hall–Kier alpha value is 0.110. The fourth-order valence-corrected chi connectivity index (χ4v) is 0. The van der Waals surface area contributed by atoms with Crippen molar-refractivity contribution in [2.24, 2.45) is 0 Å². The highest BCUT2D eigenvalue weighted by atomic mass is 31.2. The first-order chi connectivity index (χ1) is 4.06. The third kappa shape index (κ3) is 17.9. The van der Waals surface area contributed by atoms with Gasteiger partial charge < -0.3 is 9.79 Å². The van der Waals surface area contributed by atoms with Crippen LogP contribution in [0.4, 0.5) is 0 Å². The molecule has 0 heterocycles. The summed E-state index contributed by atoms with van der Waals surface area (Å²) in [7, 11) is -3.20. The van der Waals surface area contributed by atoms with Crippen molar-refractivity contribution in [3.05, 3.63) is 0 Å². The second kappa shape index (κ2) is 4.01. The first kappa shape index (κ1) is 9.11. The lowest BCUT2D eigenvalue weighted by molar-refractivity contribution is 0.235. The van der Waals surface area contributed by atoms with Crippen LogP contribution in [0.25, 0.3) is 0 Å². The minimum Gasteiger partial charge on any atom is -0.303 e. The molecule has 0 aliphatic heterocycles. The summed E-state index contributed by atoms with van der Waals surface area (Å²) in [6.07, 6.45) is 4.50. The molecule has 1 saturated carbocycles. The van der Waals surface area contributed by atoms with E-state index in [0.29, 0.717) is 0 Å². The number of hydrogen-bond donors (Lipinski definition) is 2. The van der Waals surface area contributed by atoms with Crippen LogP contribution in [-0.4, -0.2) is 16.9 Å². The molecule has 5 heteroatoms. The topological polar surface area (TPSA) is 66.8 Å². The lowest BCUT2D eigenvalue weighted by atomic mass is 11.0. The minimum absolute atomic E-state index is 0.945. The second-order valence-corrected chi connectivity index (χ2v) is 3.08. The molecule has 56 valence electrons. The third-order valence-corrected chi connectivity index (χ3v) is 1.07. The SMILES string of the molecule is C1CC1.COP(=O)(O)O. The molecule has 0 saturated heterocycles. The predicted molar refractivity (Wildman–Crippen MR) is 32.9 cm³/mol. The maximum Gasteiger partial charge on any atom is 0.469 e. The van der Waals surface area contributed by atoms with Crippen LogP contribution in [0.15, 0.2) is 0 Å². The average Bonchev–Trinajstić information content (AvgIpc) is 2.45. The van der Waals surface area contributed by atoms with Crippen molar-refractivity contribution in [2.45, 2.75) is 19.3 Å². The summed E-state index contributed by atoms with van der Waals surface area (Å²) in [6.45, 7) is 0. The Labute approximate surface area is 54.1 Å². The van der Waals surface area contributed by atoms with E-state index in [1.165, 1.54) is 19.3 Å². The van der Waals surface area contributed by atoms with Gasteiger partial charge in [-0.3, -0.25) is 4.52 Å². The minimum atomic E-state index is -4.15. The molecule has 4 nitrogen and oxygen atoms in total. The van der Waals surface area contributed by atoms with Gasteiger partial charge in [-0.1, -0.05) is 19.3 Å². The summed E-state index contributed by atoms with van der Waals surface area (Å²) in [5, 5.41) is 0. The molecule has 1 aliphatic rings. The van der Waals surface area contributed by atoms with E-state index in [-0.39, 0.29) is 0 Å². The van der Waals surface area contributed by atoms with E-state index < -0.39 is 7.82 Å². The standard InChI is InChI=1S/C3H6.CH5O4P/c1-2-3-1;1-5-6(2,3)4/h1-3H2;1H3,(H2,2,3,4). The van der Waals surface area contributed by atoms with Crippen LogP contribution in [-0.2, 0) is 9.09 Å². The van der Waals surface area contributed by atoms with Gasteiger partial charge in [0.05, 0.1) is 0 Å². The van der Waals surface area contributed by atoms with Gasteiger partial charge in [-0.05, 0) is 0 Å². The largest absolute Gasteiger partial charge is 0.469 e. The van der Waals surface area contributed by atoms with Crippen LogP contribution in [0.3, 0.4) is 0 Å². The number of phosphoric ester groups is 1. The molecule has 1 rings (SSSR count). The molecule has 0 aromatic heterocycles. The van der Waals surface area contributed by atoms with Crippen LogP contribution in [0, 0.1) is 0 Å². The van der Waals surface area contributed by atoms with Crippen LogP contribution in [0.1, 0.15) is 19.3 Å². The highest BCUT2D eigenvalue weighted by molar-refractivity contribution is 7.46. The zero-order chi connectivity index (χ0) is 7.33. The van der Waals surface area contributed by atoms with Gasteiger partial charge in [-0.25, -0.2) is 4.57 Å². The molecule has 0 bridgehead atoms. The average molecular weight is 154 g/mol. The summed E-state index contributed by atoms with van der Waals surface area (Å²) in [4.78, 5) is 15.4. The quantitative estimate of drug-likeness (QED) is 0.550. The molecule has 0 aromatic rings. The Morgan fingerprint density at radius 1 is 1.33 bits per heavy atom. The molecule has 0 aromatic carbocycles. The van der Waals surface area contributed by atoms with E-state index in [0.717, 1.165) is 7.11 Å². The highest BCUT2D eigenvalue weighted by Gasteiger charge is 2.07. The fraction of sp³-hybridized carbons (Fsp3) is 1.00.